The molecule has 1 heterocycles. The second-order valence-corrected chi connectivity index (χ2v) is 3.42. The third-order valence-electron chi connectivity index (χ3n) is 2.49. The molecule has 0 saturated carbocycles. The summed E-state index contributed by atoms with van der Waals surface area (Å²) >= 11 is 0. The van der Waals surface area contributed by atoms with Gasteiger partial charge < -0.3 is 15.5 Å². The van der Waals surface area contributed by atoms with Gasteiger partial charge in [0.05, 0.1) is 13.2 Å². The zero-order chi connectivity index (χ0) is 10.8. The van der Waals surface area contributed by atoms with Crippen LogP contribution in [0.25, 0.3) is 10.9 Å². The zero-order valence-corrected chi connectivity index (χ0v) is 8.46. The van der Waals surface area contributed by atoms with E-state index in [9.17, 15) is 4.39 Å². The molecule has 0 spiro atoms. The summed E-state index contributed by atoms with van der Waals surface area (Å²) in [6.45, 7) is -0.565. The monoisotopic (exact) mass is 208 g/mol. The largest absolute Gasteiger partial charge is 0.497 e. The van der Waals surface area contributed by atoms with Crippen molar-refractivity contribution in [2.75, 3.05) is 13.8 Å². The molecular weight excluding hydrogens is 195 g/mol. The second-order valence-electron chi connectivity index (χ2n) is 3.42. The molecule has 1 atom stereocenters. The summed E-state index contributed by atoms with van der Waals surface area (Å²) in [4.78, 5) is 3.05. The number of aromatic amines is 1. The minimum Gasteiger partial charge on any atom is -0.497 e. The Morgan fingerprint density at radius 1 is 1.53 bits per heavy atom. The molecule has 80 valence electrons. The fraction of sp³-hybridized carbons (Fsp3) is 0.273. The number of aromatic nitrogens is 1. The first-order valence-electron chi connectivity index (χ1n) is 4.73. The highest BCUT2D eigenvalue weighted by Gasteiger charge is 2.11. The Kier molecular flexibility index (Phi) is 2.60. The van der Waals surface area contributed by atoms with E-state index < -0.39 is 12.7 Å². The maximum absolute atomic E-state index is 12.5. The lowest BCUT2D eigenvalue weighted by Gasteiger charge is -2.05. The third-order valence-corrected chi connectivity index (χ3v) is 2.49. The number of hydrogen-bond acceptors (Lipinski definition) is 2. The van der Waals surface area contributed by atoms with Crippen molar-refractivity contribution in [3.63, 3.8) is 0 Å². The number of rotatable bonds is 3. The Morgan fingerprint density at radius 3 is 3.00 bits per heavy atom. The molecule has 0 aliphatic heterocycles. The summed E-state index contributed by atoms with van der Waals surface area (Å²) in [5.74, 6) is 0.745. The number of H-pyrrole nitrogens is 1. The number of halogens is 1. The molecule has 0 fully saturated rings. The van der Waals surface area contributed by atoms with E-state index in [4.69, 9.17) is 10.5 Å². The van der Waals surface area contributed by atoms with Crippen LogP contribution in [0.3, 0.4) is 0 Å². The lowest BCUT2D eigenvalue weighted by molar-refractivity contribution is 0.415. The Balaban J connectivity index is 2.56. The zero-order valence-electron chi connectivity index (χ0n) is 8.46. The predicted molar refractivity (Wildman–Crippen MR) is 57.8 cm³/mol. The van der Waals surface area contributed by atoms with Gasteiger partial charge in [-0.3, -0.25) is 0 Å². The summed E-state index contributed by atoms with van der Waals surface area (Å²) in [5, 5.41) is 0.916. The van der Waals surface area contributed by atoms with E-state index in [1.54, 1.807) is 13.3 Å². The first-order chi connectivity index (χ1) is 7.26. The molecule has 0 aliphatic rings. The molecule has 0 bridgehead atoms. The first-order valence-corrected chi connectivity index (χ1v) is 4.73. The van der Waals surface area contributed by atoms with E-state index in [0.717, 1.165) is 22.2 Å². The second kappa shape index (κ2) is 3.90. The topological polar surface area (TPSA) is 51.0 Å². The third kappa shape index (κ3) is 1.68. The van der Waals surface area contributed by atoms with Gasteiger partial charge in [-0.15, -0.1) is 0 Å². The fourth-order valence-corrected chi connectivity index (χ4v) is 1.64. The van der Waals surface area contributed by atoms with E-state index in [-0.39, 0.29) is 0 Å². The van der Waals surface area contributed by atoms with Gasteiger partial charge in [0.1, 0.15) is 12.4 Å². The average Bonchev–Trinajstić information content (AvgIpc) is 2.70. The maximum Gasteiger partial charge on any atom is 0.119 e. The van der Waals surface area contributed by atoms with Gasteiger partial charge in [-0.1, -0.05) is 0 Å². The molecule has 2 aromatic rings. The summed E-state index contributed by atoms with van der Waals surface area (Å²) in [5.41, 5.74) is 7.38. The Bertz CT molecular complexity index is 467. The van der Waals surface area contributed by atoms with Gasteiger partial charge in [0.15, 0.2) is 0 Å². The quantitative estimate of drug-likeness (QED) is 0.812. The van der Waals surface area contributed by atoms with E-state index in [0.29, 0.717) is 0 Å². The number of methoxy groups -OCH3 is 1. The molecule has 0 saturated heterocycles. The smallest absolute Gasteiger partial charge is 0.119 e. The highest BCUT2D eigenvalue weighted by molar-refractivity contribution is 5.85. The number of alkyl halides is 1. The van der Waals surface area contributed by atoms with Crippen molar-refractivity contribution in [1.29, 1.82) is 0 Å². The minimum absolute atomic E-state index is 0.565. The highest BCUT2D eigenvalue weighted by atomic mass is 19.1. The number of benzene rings is 1. The molecule has 15 heavy (non-hydrogen) atoms. The van der Waals surface area contributed by atoms with Gasteiger partial charge >= 0.3 is 0 Å². The number of nitrogens with two attached hydrogens (primary N) is 1. The summed E-state index contributed by atoms with van der Waals surface area (Å²) in [6.07, 6.45) is 1.74. The Hall–Kier alpha value is -1.55. The summed E-state index contributed by atoms with van der Waals surface area (Å²) in [7, 11) is 1.60. The lowest BCUT2D eigenvalue weighted by Crippen LogP contribution is -2.11. The predicted octanol–water partition coefficient (Wildman–Crippen LogP) is 2.15. The van der Waals surface area contributed by atoms with Crippen molar-refractivity contribution in [2.24, 2.45) is 5.73 Å². The van der Waals surface area contributed by atoms with Gasteiger partial charge in [-0.2, -0.15) is 0 Å². The number of ether oxygens (including phenoxy) is 1. The fourth-order valence-electron chi connectivity index (χ4n) is 1.64. The van der Waals surface area contributed by atoms with E-state index in [1.807, 2.05) is 18.2 Å². The van der Waals surface area contributed by atoms with Crippen LogP contribution in [0.2, 0.25) is 0 Å². The number of fused-ring (bicyclic) bond motifs is 1. The van der Waals surface area contributed by atoms with Gasteiger partial charge in [0, 0.05) is 17.1 Å². The highest BCUT2D eigenvalue weighted by Crippen LogP contribution is 2.26. The van der Waals surface area contributed by atoms with Crippen LogP contribution in [0, 0.1) is 0 Å². The SMILES string of the molecule is COc1ccc2[nH]cc([C@H](N)CF)c2c1. The molecule has 4 heteroatoms. The van der Waals surface area contributed by atoms with Crippen LogP contribution in [0.1, 0.15) is 11.6 Å². The molecule has 3 nitrogen and oxygen atoms in total. The first kappa shape index (κ1) is 9.98. The van der Waals surface area contributed by atoms with Crippen LogP contribution < -0.4 is 10.5 Å². The van der Waals surface area contributed by atoms with Crippen molar-refractivity contribution in [1.82, 2.24) is 4.98 Å². The number of nitrogens with one attached hydrogen (secondary N) is 1. The maximum atomic E-state index is 12.5. The van der Waals surface area contributed by atoms with Crippen LogP contribution in [0.4, 0.5) is 4.39 Å². The molecule has 2 rings (SSSR count). The van der Waals surface area contributed by atoms with Gasteiger partial charge in [0.2, 0.25) is 0 Å². The molecular formula is C11H13FN2O. The Labute approximate surface area is 87.0 Å². The molecule has 1 aromatic heterocycles. The standard InChI is InChI=1S/C11H13FN2O/c1-15-7-2-3-11-8(4-7)9(6-14-11)10(13)5-12/h2-4,6,10,14H,5,13H2,1H3/t10-/m1/s1. The lowest BCUT2D eigenvalue weighted by atomic mass is 10.1. The van der Waals surface area contributed by atoms with Crippen molar-refractivity contribution in [3.8, 4) is 5.75 Å². The van der Waals surface area contributed by atoms with Crippen LogP contribution in [-0.4, -0.2) is 18.8 Å². The summed E-state index contributed by atoms with van der Waals surface area (Å²) in [6, 6.07) is 5.02. The molecule has 3 N–H and O–H groups in total. The van der Waals surface area contributed by atoms with E-state index >= 15 is 0 Å². The van der Waals surface area contributed by atoms with Crippen molar-refractivity contribution < 1.29 is 9.13 Å². The average molecular weight is 208 g/mol. The minimum atomic E-state index is -0.578. The summed E-state index contributed by atoms with van der Waals surface area (Å²) < 4.78 is 17.6. The van der Waals surface area contributed by atoms with Crippen LogP contribution in [-0.2, 0) is 0 Å². The normalized spacial score (nSPS) is 13.0. The van der Waals surface area contributed by atoms with Crippen LogP contribution in [0.15, 0.2) is 24.4 Å². The van der Waals surface area contributed by atoms with E-state index in [2.05, 4.69) is 4.98 Å². The molecule has 0 unspecified atom stereocenters. The number of hydrogen-bond donors (Lipinski definition) is 2. The van der Waals surface area contributed by atoms with Crippen molar-refractivity contribution in [3.05, 3.63) is 30.0 Å². The van der Waals surface area contributed by atoms with E-state index in [1.165, 1.54) is 0 Å². The van der Waals surface area contributed by atoms with Crippen LogP contribution >= 0.6 is 0 Å². The Morgan fingerprint density at radius 2 is 2.33 bits per heavy atom. The van der Waals surface area contributed by atoms with Crippen molar-refractivity contribution in [2.45, 2.75) is 6.04 Å². The van der Waals surface area contributed by atoms with Crippen LogP contribution in [0.5, 0.6) is 5.75 Å². The van der Waals surface area contributed by atoms with Gasteiger partial charge in [-0.05, 0) is 23.8 Å². The molecule has 0 amide bonds. The molecule has 0 radical (unpaired) electrons. The van der Waals surface area contributed by atoms with Crippen molar-refractivity contribution >= 4 is 10.9 Å². The molecule has 0 aliphatic carbocycles. The molecule has 1 aromatic carbocycles. The van der Waals surface area contributed by atoms with Gasteiger partial charge in [-0.25, -0.2) is 4.39 Å². The van der Waals surface area contributed by atoms with Gasteiger partial charge in [0.25, 0.3) is 0 Å².